The molecule has 0 saturated carbocycles. The lowest BCUT2D eigenvalue weighted by atomic mass is 9.74. The fraction of sp³-hybridized carbons (Fsp3) is 0.667. The number of halogens is 2. The maximum absolute atomic E-state index is 13.3. The molecule has 7 heteroatoms. The average Bonchev–Trinajstić information content (AvgIpc) is 3.08. The first-order valence-corrected chi connectivity index (χ1v) is 17.8. The number of piperidine rings is 1. The Balaban J connectivity index is 0.00000736. The Labute approximate surface area is 285 Å². The van der Waals surface area contributed by atoms with E-state index in [4.69, 9.17) is 9.47 Å². The monoisotopic (exact) mass is 658 g/mol. The largest absolute Gasteiger partial charge is 0.493 e. The summed E-state index contributed by atoms with van der Waals surface area (Å²) in [5.41, 5.74) is 1.25. The minimum atomic E-state index is -0.560. The van der Waals surface area contributed by atoms with Crippen LogP contribution in [0, 0.1) is 23.1 Å². The molecule has 1 N–H and O–H groups in total. The first-order valence-electron chi connectivity index (χ1n) is 17.8. The van der Waals surface area contributed by atoms with Crippen LogP contribution >= 0.6 is 12.4 Å². The molecule has 258 valence electrons. The average molecular weight is 659 g/mol. The Morgan fingerprint density at radius 3 is 1.91 bits per heavy atom. The molecule has 2 unspecified atom stereocenters. The highest BCUT2D eigenvalue weighted by molar-refractivity contribution is 5.85. The summed E-state index contributed by atoms with van der Waals surface area (Å²) in [5.74, 6) is 1.26. The molecular formula is C39H60ClFN2O3. The van der Waals surface area contributed by atoms with Gasteiger partial charge in [0.05, 0.1) is 31.8 Å². The van der Waals surface area contributed by atoms with Crippen LogP contribution in [-0.4, -0.2) is 43.9 Å². The number of aliphatic hydroxyl groups excluding tert-OH is 1. The number of rotatable bonds is 22. The fourth-order valence-electron chi connectivity index (χ4n) is 7.02. The van der Waals surface area contributed by atoms with Gasteiger partial charge in [-0.05, 0) is 93.0 Å². The first kappa shape index (κ1) is 39.8. The number of hydrogen-bond donors (Lipinski definition) is 1. The summed E-state index contributed by atoms with van der Waals surface area (Å²) in [7, 11) is 3.29. The first-order chi connectivity index (χ1) is 22.0. The summed E-state index contributed by atoms with van der Waals surface area (Å²) in [5, 5.41) is 21.5. The van der Waals surface area contributed by atoms with Gasteiger partial charge in [-0.1, -0.05) is 102 Å². The van der Waals surface area contributed by atoms with Crippen molar-refractivity contribution < 1.29 is 19.0 Å². The van der Waals surface area contributed by atoms with E-state index < -0.39 is 11.5 Å². The molecule has 1 fully saturated rings. The molecule has 1 aliphatic heterocycles. The third-order valence-electron chi connectivity index (χ3n) is 9.98. The van der Waals surface area contributed by atoms with Crippen LogP contribution in [0.15, 0.2) is 42.5 Å². The topological polar surface area (TPSA) is 65.7 Å². The van der Waals surface area contributed by atoms with Gasteiger partial charge in [-0.3, -0.25) is 0 Å². The zero-order valence-corrected chi connectivity index (χ0v) is 29.6. The van der Waals surface area contributed by atoms with Crippen LogP contribution in [0.3, 0.4) is 0 Å². The van der Waals surface area contributed by atoms with Gasteiger partial charge in [0.15, 0.2) is 11.5 Å². The second kappa shape index (κ2) is 22.3. The van der Waals surface area contributed by atoms with E-state index in [-0.39, 0.29) is 24.1 Å². The summed E-state index contributed by atoms with van der Waals surface area (Å²) in [6, 6.07) is 15.0. The van der Waals surface area contributed by atoms with E-state index in [1.54, 1.807) is 26.4 Å². The Bertz CT molecular complexity index is 1130. The number of nitriles is 1. The minimum absolute atomic E-state index is 0. The smallest absolute Gasteiger partial charge is 0.161 e. The van der Waals surface area contributed by atoms with Crippen LogP contribution in [0.4, 0.5) is 4.39 Å². The van der Waals surface area contributed by atoms with E-state index in [1.807, 2.05) is 18.2 Å². The van der Waals surface area contributed by atoms with Gasteiger partial charge in [0.25, 0.3) is 0 Å². The van der Waals surface area contributed by atoms with Crippen LogP contribution in [-0.2, 0) is 5.41 Å². The van der Waals surface area contributed by atoms with Crippen molar-refractivity contribution in [2.24, 2.45) is 5.92 Å². The van der Waals surface area contributed by atoms with Crippen molar-refractivity contribution in [2.75, 3.05) is 33.9 Å². The molecule has 1 aliphatic rings. The normalized spacial score (nSPS) is 15.8. The van der Waals surface area contributed by atoms with Crippen LogP contribution < -0.4 is 9.47 Å². The Morgan fingerprint density at radius 2 is 1.37 bits per heavy atom. The van der Waals surface area contributed by atoms with Gasteiger partial charge in [-0.25, -0.2) is 4.39 Å². The van der Waals surface area contributed by atoms with Gasteiger partial charge in [-0.2, -0.15) is 5.26 Å². The lowest BCUT2D eigenvalue weighted by molar-refractivity contribution is 0.0580. The second-order valence-electron chi connectivity index (χ2n) is 13.2. The lowest BCUT2D eigenvalue weighted by Gasteiger charge is -2.35. The highest BCUT2D eigenvalue weighted by atomic mass is 35.5. The molecule has 0 spiro atoms. The van der Waals surface area contributed by atoms with Crippen molar-refractivity contribution in [2.45, 2.75) is 128 Å². The Hall–Kier alpha value is -2.33. The van der Waals surface area contributed by atoms with E-state index in [2.05, 4.69) is 17.9 Å². The van der Waals surface area contributed by atoms with E-state index in [1.165, 1.54) is 76.3 Å². The Morgan fingerprint density at radius 1 is 0.826 bits per heavy atom. The molecule has 1 heterocycles. The number of likely N-dealkylation sites (tertiary alicyclic amines) is 1. The molecule has 3 rings (SSSR count). The van der Waals surface area contributed by atoms with Crippen molar-refractivity contribution in [1.29, 1.82) is 5.26 Å². The predicted octanol–water partition coefficient (Wildman–Crippen LogP) is 10.3. The van der Waals surface area contributed by atoms with Gasteiger partial charge >= 0.3 is 0 Å². The third-order valence-corrected chi connectivity index (χ3v) is 9.98. The number of aliphatic hydroxyl groups is 1. The standard InChI is InChI=1S/C39H59FN2O3.ClH/c1-4-5-6-7-8-9-10-11-12-13-14-15-25-39(31-41,34-19-22-36(44-2)37(30-34)45-3)26-16-27-42-28-23-33(24-29-42)38(43)32-17-20-35(40)21-18-32;/h17-22,30,33,38,43H,4-16,23-29H2,1-3H3;1H. The molecule has 46 heavy (non-hydrogen) atoms. The highest BCUT2D eigenvalue weighted by Gasteiger charge is 2.33. The zero-order chi connectivity index (χ0) is 32.3. The number of ether oxygens (including phenoxy) is 2. The molecule has 2 aromatic carbocycles. The maximum atomic E-state index is 13.3. The van der Waals surface area contributed by atoms with Gasteiger partial charge in [-0.15, -0.1) is 12.4 Å². The maximum Gasteiger partial charge on any atom is 0.161 e. The summed E-state index contributed by atoms with van der Waals surface area (Å²) in [6.07, 6.45) is 19.5. The zero-order valence-electron chi connectivity index (χ0n) is 28.8. The van der Waals surface area contributed by atoms with Crippen molar-refractivity contribution in [3.8, 4) is 17.6 Å². The fourth-order valence-corrected chi connectivity index (χ4v) is 7.02. The third kappa shape index (κ3) is 12.7. The molecule has 0 amide bonds. The molecule has 5 nitrogen and oxygen atoms in total. The van der Waals surface area contributed by atoms with E-state index in [0.29, 0.717) is 11.5 Å². The van der Waals surface area contributed by atoms with Gasteiger partial charge < -0.3 is 19.5 Å². The molecular weight excluding hydrogens is 599 g/mol. The summed E-state index contributed by atoms with van der Waals surface area (Å²) in [4.78, 5) is 2.47. The van der Waals surface area contributed by atoms with Crippen LogP contribution in [0.25, 0.3) is 0 Å². The molecule has 0 aliphatic carbocycles. The van der Waals surface area contributed by atoms with Crippen molar-refractivity contribution in [3.05, 3.63) is 59.4 Å². The van der Waals surface area contributed by atoms with Gasteiger partial charge in [0, 0.05) is 0 Å². The SMILES string of the molecule is CCCCCCCCCCCCCCC(C#N)(CCCN1CCC(C(O)c2ccc(F)cc2)CC1)c1ccc(OC)c(OC)c1.Cl. The van der Waals surface area contributed by atoms with Gasteiger partial charge in [0.2, 0.25) is 0 Å². The number of methoxy groups -OCH3 is 2. The minimum Gasteiger partial charge on any atom is -0.493 e. The van der Waals surface area contributed by atoms with E-state index >= 15 is 0 Å². The van der Waals surface area contributed by atoms with Crippen LogP contribution in [0.5, 0.6) is 11.5 Å². The van der Waals surface area contributed by atoms with Crippen LogP contribution in [0.1, 0.15) is 133 Å². The molecule has 0 radical (unpaired) electrons. The van der Waals surface area contributed by atoms with Crippen molar-refractivity contribution in [1.82, 2.24) is 4.90 Å². The lowest BCUT2D eigenvalue weighted by Crippen LogP contribution is -2.37. The highest BCUT2D eigenvalue weighted by Crippen LogP contribution is 2.39. The van der Waals surface area contributed by atoms with Gasteiger partial charge in [0.1, 0.15) is 5.82 Å². The van der Waals surface area contributed by atoms with Crippen molar-refractivity contribution >= 4 is 12.4 Å². The predicted molar refractivity (Wildman–Crippen MR) is 190 cm³/mol. The molecule has 2 atom stereocenters. The van der Waals surface area contributed by atoms with E-state index in [0.717, 1.165) is 75.7 Å². The van der Waals surface area contributed by atoms with Crippen molar-refractivity contribution in [3.63, 3.8) is 0 Å². The molecule has 0 bridgehead atoms. The van der Waals surface area contributed by atoms with E-state index in [9.17, 15) is 14.8 Å². The van der Waals surface area contributed by atoms with Crippen LogP contribution in [0.2, 0.25) is 0 Å². The number of unbranched alkanes of at least 4 members (excludes halogenated alkanes) is 11. The second-order valence-corrected chi connectivity index (χ2v) is 13.2. The molecule has 2 aromatic rings. The summed E-state index contributed by atoms with van der Waals surface area (Å²) >= 11 is 0. The summed E-state index contributed by atoms with van der Waals surface area (Å²) in [6.45, 7) is 5.07. The molecule has 1 saturated heterocycles. The molecule has 0 aromatic heterocycles. The number of benzene rings is 2. The Kier molecular flexibility index (Phi) is 19.3. The number of nitrogens with zero attached hydrogens (tertiary/aromatic N) is 2. The quantitative estimate of drug-likeness (QED) is 0.128. The summed E-state index contributed by atoms with van der Waals surface area (Å²) < 4.78 is 24.4. The number of hydrogen-bond acceptors (Lipinski definition) is 5.